The molecule has 1 rings (SSSR count). The quantitative estimate of drug-likeness (QED) is 0.711. The zero-order valence-corrected chi connectivity index (χ0v) is 11.9. The second kappa shape index (κ2) is 7.86. The Labute approximate surface area is 119 Å². The maximum atomic E-state index is 10.8. The maximum Gasteiger partial charge on any atom is 0.307 e. The van der Waals surface area contributed by atoms with Crippen molar-refractivity contribution in [3.05, 3.63) is 35.4 Å². The molecule has 0 saturated carbocycles. The zero-order chi connectivity index (χ0) is 14.3. The average Bonchev–Trinajstić information content (AvgIpc) is 2.35. The third kappa shape index (κ3) is 5.81. The third-order valence-corrected chi connectivity index (χ3v) is 3.18. The van der Waals surface area contributed by atoms with E-state index in [0.717, 1.165) is 30.8 Å². The predicted molar refractivity (Wildman–Crippen MR) is 80.1 cm³/mol. The van der Waals surface area contributed by atoms with Crippen LogP contribution in [0, 0.1) is 0 Å². The fourth-order valence-electron chi connectivity index (χ4n) is 1.91. The second-order valence-corrected chi connectivity index (χ2v) is 4.95. The summed E-state index contributed by atoms with van der Waals surface area (Å²) in [4.78, 5) is 13.6. The van der Waals surface area contributed by atoms with Crippen LogP contribution in [-0.2, 0) is 17.8 Å². The van der Waals surface area contributed by atoms with Crippen molar-refractivity contribution in [2.24, 2.45) is 5.73 Å². The van der Waals surface area contributed by atoms with Gasteiger partial charge >= 0.3 is 5.97 Å². The number of carboxylic acid groups (broad SMARTS) is 1. The molecule has 104 valence electrons. The fourth-order valence-corrected chi connectivity index (χ4v) is 2.00. The van der Waals surface area contributed by atoms with Crippen molar-refractivity contribution in [2.75, 3.05) is 13.1 Å². The molecule has 1 aromatic carbocycles. The fraction of sp³-hybridized carbons (Fsp3) is 0.429. The Bertz CT molecular complexity index is 449. The van der Waals surface area contributed by atoms with Gasteiger partial charge in [0.15, 0.2) is 0 Å². The minimum atomic E-state index is -0.807. The number of carboxylic acids is 1. The summed E-state index contributed by atoms with van der Waals surface area (Å²) in [5, 5.41) is 8.91. The lowest BCUT2D eigenvalue weighted by atomic mass is 10.0. The van der Waals surface area contributed by atoms with E-state index in [1.165, 1.54) is 0 Å². The Kier molecular flexibility index (Phi) is 6.45. The molecule has 0 atom stereocenters. The Morgan fingerprint density at radius 2 is 2.00 bits per heavy atom. The predicted octanol–water partition coefficient (Wildman–Crippen LogP) is 1.81. The van der Waals surface area contributed by atoms with Gasteiger partial charge in [-0.3, -0.25) is 9.69 Å². The molecule has 1 aromatic rings. The number of benzene rings is 1. The van der Waals surface area contributed by atoms with Crippen molar-refractivity contribution in [1.29, 1.82) is 0 Å². The smallest absolute Gasteiger partial charge is 0.307 e. The Morgan fingerprint density at radius 3 is 2.53 bits per heavy atom. The van der Waals surface area contributed by atoms with Crippen LogP contribution in [-0.4, -0.2) is 34.1 Å². The summed E-state index contributed by atoms with van der Waals surface area (Å²) in [5.74, 6) is -0.807. The Balaban J connectivity index is 2.73. The van der Waals surface area contributed by atoms with E-state index in [1.807, 2.05) is 24.3 Å². The molecule has 0 aliphatic carbocycles. The van der Waals surface area contributed by atoms with Gasteiger partial charge in [0, 0.05) is 19.5 Å². The van der Waals surface area contributed by atoms with Crippen LogP contribution in [0.25, 0.3) is 0 Å². The molecule has 5 heteroatoms. The molecule has 3 N–H and O–H groups in total. The van der Waals surface area contributed by atoms with E-state index >= 15 is 0 Å². The van der Waals surface area contributed by atoms with Gasteiger partial charge < -0.3 is 10.8 Å². The molecule has 0 unspecified atom stereocenters. The summed E-state index contributed by atoms with van der Waals surface area (Å²) in [6, 6.07) is 7.64. The van der Waals surface area contributed by atoms with Crippen LogP contribution in [0.1, 0.15) is 24.5 Å². The first-order valence-corrected chi connectivity index (χ1v) is 6.73. The molecule has 0 heterocycles. The van der Waals surface area contributed by atoms with Gasteiger partial charge in [-0.15, -0.1) is 0 Å². The summed E-state index contributed by atoms with van der Waals surface area (Å²) < 4.78 is 0. The SMILES string of the molecule is CCN(CCC(N)=S)Cc1ccccc1CC(=O)O. The second-order valence-electron chi connectivity index (χ2n) is 4.42. The van der Waals surface area contributed by atoms with E-state index in [4.69, 9.17) is 23.1 Å². The van der Waals surface area contributed by atoms with Crippen molar-refractivity contribution in [3.63, 3.8) is 0 Å². The minimum Gasteiger partial charge on any atom is -0.481 e. The van der Waals surface area contributed by atoms with Crippen LogP contribution < -0.4 is 5.73 Å². The van der Waals surface area contributed by atoms with Crippen LogP contribution in [0.15, 0.2) is 24.3 Å². The number of carbonyl (C=O) groups is 1. The summed E-state index contributed by atoms with van der Waals surface area (Å²) in [5.41, 5.74) is 7.43. The number of aliphatic carboxylic acids is 1. The van der Waals surface area contributed by atoms with Gasteiger partial charge in [0.1, 0.15) is 0 Å². The first-order valence-electron chi connectivity index (χ1n) is 6.32. The highest BCUT2D eigenvalue weighted by molar-refractivity contribution is 7.80. The number of thiocarbonyl (C=S) groups is 1. The summed E-state index contributed by atoms with van der Waals surface area (Å²) in [6.45, 7) is 4.47. The van der Waals surface area contributed by atoms with Crippen molar-refractivity contribution in [1.82, 2.24) is 4.90 Å². The van der Waals surface area contributed by atoms with E-state index in [9.17, 15) is 4.79 Å². The molecule has 0 bridgehead atoms. The standard InChI is InChI=1S/C14H20N2O2S/c1-2-16(8-7-13(15)19)10-12-6-4-3-5-11(12)9-14(17)18/h3-6H,2,7-10H2,1H3,(H2,15,19)(H,17,18). The zero-order valence-electron chi connectivity index (χ0n) is 11.1. The van der Waals surface area contributed by atoms with Crippen LogP contribution in [0.3, 0.4) is 0 Å². The molecule has 0 aromatic heterocycles. The molecule has 19 heavy (non-hydrogen) atoms. The molecule has 4 nitrogen and oxygen atoms in total. The molecule has 0 radical (unpaired) electrons. The van der Waals surface area contributed by atoms with Crippen LogP contribution in [0.4, 0.5) is 0 Å². The maximum absolute atomic E-state index is 10.8. The molecule has 0 spiro atoms. The van der Waals surface area contributed by atoms with Crippen molar-refractivity contribution in [3.8, 4) is 0 Å². The summed E-state index contributed by atoms with van der Waals surface area (Å²) in [7, 11) is 0. The lowest BCUT2D eigenvalue weighted by Gasteiger charge is -2.21. The first kappa shape index (κ1) is 15.6. The van der Waals surface area contributed by atoms with Crippen molar-refractivity contribution >= 4 is 23.2 Å². The number of hydrogen-bond acceptors (Lipinski definition) is 3. The first-order chi connectivity index (χ1) is 9.02. The monoisotopic (exact) mass is 280 g/mol. The van der Waals surface area contributed by atoms with Gasteiger partial charge in [-0.2, -0.15) is 0 Å². The molecule has 0 amide bonds. The van der Waals surface area contributed by atoms with E-state index < -0.39 is 5.97 Å². The molecular formula is C14H20N2O2S. The van der Waals surface area contributed by atoms with Gasteiger partial charge in [0.2, 0.25) is 0 Å². The van der Waals surface area contributed by atoms with Gasteiger partial charge in [0.25, 0.3) is 0 Å². The number of nitrogens with two attached hydrogens (primary N) is 1. The van der Waals surface area contributed by atoms with Gasteiger partial charge in [-0.25, -0.2) is 0 Å². The number of hydrogen-bond donors (Lipinski definition) is 2. The highest BCUT2D eigenvalue weighted by Gasteiger charge is 2.10. The highest BCUT2D eigenvalue weighted by atomic mass is 32.1. The topological polar surface area (TPSA) is 66.6 Å². The van der Waals surface area contributed by atoms with Gasteiger partial charge in [-0.1, -0.05) is 43.4 Å². The summed E-state index contributed by atoms with van der Waals surface area (Å²) in [6.07, 6.45) is 0.743. The number of rotatable bonds is 8. The van der Waals surface area contributed by atoms with E-state index in [0.29, 0.717) is 11.4 Å². The largest absolute Gasteiger partial charge is 0.481 e. The molecule has 0 aliphatic rings. The van der Waals surface area contributed by atoms with E-state index in [-0.39, 0.29) is 6.42 Å². The minimum absolute atomic E-state index is 0.0586. The Hall–Kier alpha value is -1.46. The van der Waals surface area contributed by atoms with Crippen LogP contribution in [0.5, 0.6) is 0 Å². The molecule has 0 aliphatic heterocycles. The van der Waals surface area contributed by atoms with Gasteiger partial charge in [0.05, 0.1) is 11.4 Å². The van der Waals surface area contributed by atoms with E-state index in [1.54, 1.807) is 0 Å². The third-order valence-electron chi connectivity index (χ3n) is 2.98. The summed E-state index contributed by atoms with van der Waals surface area (Å²) >= 11 is 4.88. The lowest BCUT2D eigenvalue weighted by molar-refractivity contribution is -0.136. The molecular weight excluding hydrogens is 260 g/mol. The Morgan fingerprint density at radius 1 is 1.37 bits per heavy atom. The highest BCUT2D eigenvalue weighted by Crippen LogP contribution is 2.13. The van der Waals surface area contributed by atoms with Gasteiger partial charge in [-0.05, 0) is 17.7 Å². The van der Waals surface area contributed by atoms with Crippen molar-refractivity contribution in [2.45, 2.75) is 26.3 Å². The number of nitrogens with zero attached hydrogens (tertiary/aromatic N) is 1. The van der Waals surface area contributed by atoms with Crippen LogP contribution in [0.2, 0.25) is 0 Å². The molecule has 0 fully saturated rings. The van der Waals surface area contributed by atoms with E-state index in [2.05, 4.69) is 11.8 Å². The van der Waals surface area contributed by atoms with Crippen LogP contribution >= 0.6 is 12.2 Å². The lowest BCUT2D eigenvalue weighted by Crippen LogP contribution is -2.27. The average molecular weight is 280 g/mol. The molecule has 0 saturated heterocycles. The van der Waals surface area contributed by atoms with Crippen molar-refractivity contribution < 1.29 is 9.90 Å². The normalized spacial score (nSPS) is 10.6.